The Bertz CT molecular complexity index is 979. The number of hydrogen-bond donors (Lipinski definition) is 1. The lowest BCUT2D eigenvalue weighted by Crippen LogP contribution is -2.47. The summed E-state index contributed by atoms with van der Waals surface area (Å²) in [5.41, 5.74) is 4.95. The maximum Gasteiger partial charge on any atom is 0.134 e. The summed E-state index contributed by atoms with van der Waals surface area (Å²) in [6.07, 6.45) is 3.47. The Morgan fingerprint density at radius 2 is 1.68 bits per heavy atom. The van der Waals surface area contributed by atoms with Gasteiger partial charge in [-0.05, 0) is 42.5 Å². The summed E-state index contributed by atoms with van der Waals surface area (Å²) >= 11 is 0. The van der Waals surface area contributed by atoms with Gasteiger partial charge in [-0.2, -0.15) is 0 Å². The zero-order valence-corrected chi connectivity index (χ0v) is 16.2. The first-order chi connectivity index (χ1) is 13.8. The second kappa shape index (κ2) is 7.53. The first kappa shape index (κ1) is 17.7. The van der Waals surface area contributed by atoms with E-state index in [0.717, 1.165) is 67.7 Å². The summed E-state index contributed by atoms with van der Waals surface area (Å²) in [5, 5.41) is 11.0. The van der Waals surface area contributed by atoms with E-state index in [1.54, 1.807) is 0 Å². The van der Waals surface area contributed by atoms with Crippen molar-refractivity contribution in [3.63, 3.8) is 0 Å². The second-order valence-corrected chi connectivity index (χ2v) is 8.03. The van der Waals surface area contributed by atoms with Crippen molar-refractivity contribution in [1.82, 2.24) is 9.88 Å². The van der Waals surface area contributed by atoms with Crippen LogP contribution in [0, 0.1) is 0 Å². The molecule has 1 fully saturated rings. The second-order valence-electron chi connectivity index (χ2n) is 8.03. The smallest absolute Gasteiger partial charge is 0.134 e. The van der Waals surface area contributed by atoms with Gasteiger partial charge < -0.3 is 10.0 Å². The molecule has 0 spiro atoms. The van der Waals surface area contributed by atoms with E-state index in [2.05, 4.69) is 52.3 Å². The summed E-state index contributed by atoms with van der Waals surface area (Å²) in [6.45, 7) is 4.28. The van der Waals surface area contributed by atoms with Crippen molar-refractivity contribution in [2.45, 2.75) is 38.5 Å². The van der Waals surface area contributed by atoms with Crippen LogP contribution in [0.25, 0.3) is 10.9 Å². The molecule has 3 heterocycles. The molecule has 5 rings (SSSR count). The van der Waals surface area contributed by atoms with Crippen LogP contribution in [-0.2, 0) is 19.6 Å². The molecule has 0 amide bonds. The lowest BCUT2D eigenvalue weighted by molar-refractivity contribution is 0.153. The van der Waals surface area contributed by atoms with Gasteiger partial charge in [0.25, 0.3) is 0 Å². The van der Waals surface area contributed by atoms with Crippen molar-refractivity contribution in [3.05, 3.63) is 71.3 Å². The molecule has 4 heteroatoms. The van der Waals surface area contributed by atoms with E-state index >= 15 is 0 Å². The zero-order valence-electron chi connectivity index (χ0n) is 16.2. The molecular formula is C24H27N3O. The number of para-hydroxylation sites is 1. The van der Waals surface area contributed by atoms with Gasteiger partial charge in [-0.3, -0.25) is 4.90 Å². The van der Waals surface area contributed by atoms with Crippen molar-refractivity contribution in [2.75, 3.05) is 24.5 Å². The average molecular weight is 374 g/mol. The summed E-state index contributed by atoms with van der Waals surface area (Å²) in [6, 6.07) is 19.8. The molecule has 2 aliphatic rings. The first-order valence-electron chi connectivity index (χ1n) is 10.4. The minimum Gasteiger partial charge on any atom is -0.392 e. The molecule has 0 atom stereocenters. The number of rotatable bonds is 3. The standard InChI is InChI=1S/C24H27N3O/c28-17-21-15-19-6-3-4-8-23(19)25-24(21)26-13-10-22(11-14-26)27-12-9-18-5-1-2-7-20(18)16-27/h1-8,15,22,28H,9-14,16-17H2. The van der Waals surface area contributed by atoms with E-state index in [9.17, 15) is 5.11 Å². The van der Waals surface area contributed by atoms with E-state index < -0.39 is 0 Å². The quantitative estimate of drug-likeness (QED) is 0.759. The molecule has 0 aliphatic carbocycles. The molecular weight excluding hydrogens is 346 g/mol. The number of aliphatic hydroxyl groups excluding tert-OH is 1. The van der Waals surface area contributed by atoms with Gasteiger partial charge in [-0.1, -0.05) is 42.5 Å². The van der Waals surface area contributed by atoms with Crippen LogP contribution < -0.4 is 4.90 Å². The normalized spacial score (nSPS) is 18.4. The van der Waals surface area contributed by atoms with E-state index in [0.29, 0.717) is 6.04 Å². The number of aromatic nitrogens is 1. The molecule has 144 valence electrons. The first-order valence-corrected chi connectivity index (χ1v) is 10.4. The summed E-state index contributed by atoms with van der Waals surface area (Å²) in [4.78, 5) is 9.92. The Kier molecular flexibility index (Phi) is 4.75. The van der Waals surface area contributed by atoms with Gasteiger partial charge in [0.05, 0.1) is 12.1 Å². The van der Waals surface area contributed by atoms with Gasteiger partial charge in [0.1, 0.15) is 5.82 Å². The highest BCUT2D eigenvalue weighted by atomic mass is 16.3. The number of pyridine rings is 1. The van der Waals surface area contributed by atoms with E-state index in [4.69, 9.17) is 4.98 Å². The fourth-order valence-corrected chi connectivity index (χ4v) is 4.81. The van der Waals surface area contributed by atoms with Crippen molar-refractivity contribution in [3.8, 4) is 0 Å². The molecule has 1 N–H and O–H groups in total. The maximum absolute atomic E-state index is 9.88. The lowest BCUT2D eigenvalue weighted by atomic mass is 9.95. The molecule has 2 aromatic carbocycles. The van der Waals surface area contributed by atoms with Gasteiger partial charge in [0.2, 0.25) is 0 Å². The number of anilines is 1. The lowest BCUT2D eigenvalue weighted by Gasteiger charge is -2.41. The maximum atomic E-state index is 9.88. The van der Waals surface area contributed by atoms with Crippen LogP contribution in [-0.4, -0.2) is 40.7 Å². The van der Waals surface area contributed by atoms with Crippen LogP contribution in [0.1, 0.15) is 29.5 Å². The molecule has 2 aliphatic heterocycles. The predicted octanol–water partition coefficient (Wildman–Crippen LogP) is 3.75. The number of hydrogen-bond acceptors (Lipinski definition) is 4. The Balaban J connectivity index is 1.31. The molecule has 0 bridgehead atoms. The Labute approximate surface area is 166 Å². The molecule has 1 aromatic heterocycles. The van der Waals surface area contributed by atoms with Crippen LogP contribution in [0.3, 0.4) is 0 Å². The van der Waals surface area contributed by atoms with Crippen molar-refractivity contribution < 1.29 is 5.11 Å². The molecule has 3 aromatic rings. The fraction of sp³-hybridized carbons (Fsp3) is 0.375. The number of aliphatic hydroxyl groups is 1. The third kappa shape index (κ3) is 3.27. The number of nitrogens with zero attached hydrogens (tertiary/aromatic N) is 3. The average Bonchev–Trinajstić information content (AvgIpc) is 2.78. The van der Waals surface area contributed by atoms with Gasteiger partial charge >= 0.3 is 0 Å². The molecule has 28 heavy (non-hydrogen) atoms. The third-order valence-corrected chi connectivity index (χ3v) is 6.39. The highest BCUT2D eigenvalue weighted by molar-refractivity contribution is 5.81. The van der Waals surface area contributed by atoms with Crippen LogP contribution in [0.15, 0.2) is 54.6 Å². The third-order valence-electron chi connectivity index (χ3n) is 6.39. The van der Waals surface area contributed by atoms with Crippen LogP contribution in [0.4, 0.5) is 5.82 Å². The topological polar surface area (TPSA) is 39.6 Å². The van der Waals surface area contributed by atoms with E-state index in [1.807, 2.05) is 12.1 Å². The minimum atomic E-state index is 0.0377. The SMILES string of the molecule is OCc1cc2ccccc2nc1N1CCC(N2CCc3ccccc3C2)CC1. The predicted molar refractivity (Wildman–Crippen MR) is 113 cm³/mol. The van der Waals surface area contributed by atoms with Gasteiger partial charge in [-0.25, -0.2) is 4.98 Å². The highest BCUT2D eigenvalue weighted by Gasteiger charge is 2.28. The number of piperidine rings is 1. The van der Waals surface area contributed by atoms with Crippen LogP contribution in [0.5, 0.6) is 0 Å². The molecule has 0 saturated carbocycles. The van der Waals surface area contributed by atoms with Crippen molar-refractivity contribution in [2.24, 2.45) is 0 Å². The fourth-order valence-electron chi connectivity index (χ4n) is 4.81. The Morgan fingerprint density at radius 1 is 0.929 bits per heavy atom. The number of benzene rings is 2. The summed E-state index contributed by atoms with van der Waals surface area (Å²) in [7, 11) is 0. The highest BCUT2D eigenvalue weighted by Crippen LogP contribution is 2.29. The molecule has 1 saturated heterocycles. The van der Waals surface area contributed by atoms with Crippen molar-refractivity contribution in [1.29, 1.82) is 0 Å². The largest absolute Gasteiger partial charge is 0.392 e. The van der Waals surface area contributed by atoms with E-state index in [-0.39, 0.29) is 6.61 Å². The molecule has 0 unspecified atom stereocenters. The van der Waals surface area contributed by atoms with Gasteiger partial charge in [-0.15, -0.1) is 0 Å². The molecule has 4 nitrogen and oxygen atoms in total. The zero-order chi connectivity index (χ0) is 18.9. The van der Waals surface area contributed by atoms with Gasteiger partial charge in [0, 0.05) is 43.2 Å². The number of fused-ring (bicyclic) bond motifs is 2. The Hall–Kier alpha value is -2.43. The Morgan fingerprint density at radius 3 is 2.50 bits per heavy atom. The minimum absolute atomic E-state index is 0.0377. The van der Waals surface area contributed by atoms with E-state index in [1.165, 1.54) is 11.1 Å². The summed E-state index contributed by atoms with van der Waals surface area (Å²) < 4.78 is 0. The molecule has 0 radical (unpaired) electrons. The van der Waals surface area contributed by atoms with Crippen molar-refractivity contribution >= 4 is 16.7 Å². The van der Waals surface area contributed by atoms with Crippen LogP contribution >= 0.6 is 0 Å². The van der Waals surface area contributed by atoms with Gasteiger partial charge in [0.15, 0.2) is 0 Å². The summed E-state index contributed by atoms with van der Waals surface area (Å²) in [5.74, 6) is 0.962. The van der Waals surface area contributed by atoms with Crippen LogP contribution in [0.2, 0.25) is 0 Å². The monoisotopic (exact) mass is 373 g/mol.